The molecule has 1 saturated heterocycles. The van der Waals surface area contributed by atoms with E-state index in [2.05, 4.69) is 5.32 Å². The van der Waals surface area contributed by atoms with Gasteiger partial charge in [0.15, 0.2) is 11.5 Å². The Morgan fingerprint density at radius 1 is 1.30 bits per heavy atom. The molecule has 6 nitrogen and oxygen atoms in total. The molecule has 0 saturated carbocycles. The highest BCUT2D eigenvalue weighted by atomic mass is 19.3. The summed E-state index contributed by atoms with van der Waals surface area (Å²) in [5.41, 5.74) is 4.18. The molecule has 1 aromatic heterocycles. The van der Waals surface area contributed by atoms with Crippen LogP contribution in [0.25, 0.3) is 11.3 Å². The number of aryl methyl sites for hydroxylation is 1. The lowest BCUT2D eigenvalue weighted by Gasteiger charge is -2.27. The molecule has 1 fully saturated rings. The van der Waals surface area contributed by atoms with Crippen molar-refractivity contribution in [3.8, 4) is 22.8 Å². The number of benzene rings is 1. The van der Waals surface area contributed by atoms with Crippen LogP contribution in [0.1, 0.15) is 24.0 Å². The van der Waals surface area contributed by atoms with Crippen molar-refractivity contribution in [2.45, 2.75) is 45.3 Å². The molecule has 162 valence electrons. The van der Waals surface area contributed by atoms with Crippen molar-refractivity contribution in [3.05, 3.63) is 39.7 Å². The summed E-state index contributed by atoms with van der Waals surface area (Å²) in [4.78, 5) is 12.8. The summed E-state index contributed by atoms with van der Waals surface area (Å²) in [5.74, 6) is 0.657. The number of nitrogens with zero attached hydrogens (tertiary/aromatic N) is 1. The Labute approximate surface area is 173 Å². The molecule has 1 aromatic carbocycles. The van der Waals surface area contributed by atoms with E-state index in [1.165, 1.54) is 7.11 Å². The van der Waals surface area contributed by atoms with E-state index >= 15 is 0 Å². The second-order valence-corrected chi connectivity index (χ2v) is 7.65. The number of nitrogens with one attached hydrogen (secondary N) is 1. The summed E-state index contributed by atoms with van der Waals surface area (Å²) in [7, 11) is 1.48. The van der Waals surface area contributed by atoms with Crippen LogP contribution in [0.15, 0.2) is 23.0 Å². The number of aromatic nitrogens is 1. The van der Waals surface area contributed by atoms with Crippen LogP contribution in [0.2, 0.25) is 0 Å². The van der Waals surface area contributed by atoms with Gasteiger partial charge in [0.2, 0.25) is 0 Å². The molecule has 2 aliphatic heterocycles. The zero-order chi connectivity index (χ0) is 21.3. The Morgan fingerprint density at radius 3 is 2.83 bits per heavy atom. The second kappa shape index (κ2) is 8.63. The van der Waals surface area contributed by atoms with Crippen LogP contribution >= 0.6 is 0 Å². The van der Waals surface area contributed by atoms with E-state index < -0.39 is 13.0 Å². The standard InChI is InChI=1S/C22H26F2N2O4/c1-13-17(25-11-15-4-3-7-29-15)10-21(27)26-6-5-14-8-18(28-2)19(30-12-20(23)24)9-16(14)22(13)26/h8-10,15,20,25H,3-7,11-12H2,1-2H3. The fourth-order valence-corrected chi connectivity index (χ4v) is 4.22. The number of anilines is 1. The van der Waals surface area contributed by atoms with Gasteiger partial charge in [0.1, 0.15) is 6.61 Å². The summed E-state index contributed by atoms with van der Waals surface area (Å²) < 4.78 is 43.4. The number of halogens is 2. The highest BCUT2D eigenvalue weighted by molar-refractivity contribution is 5.76. The number of ether oxygens (including phenoxy) is 3. The fourth-order valence-electron chi connectivity index (χ4n) is 4.22. The van der Waals surface area contributed by atoms with E-state index in [-0.39, 0.29) is 17.4 Å². The first kappa shape index (κ1) is 20.7. The van der Waals surface area contributed by atoms with E-state index in [4.69, 9.17) is 14.2 Å². The topological polar surface area (TPSA) is 61.7 Å². The number of fused-ring (bicyclic) bond motifs is 3. The van der Waals surface area contributed by atoms with Crippen molar-refractivity contribution >= 4 is 5.69 Å². The summed E-state index contributed by atoms with van der Waals surface area (Å²) in [6.45, 7) is 3.21. The molecular weight excluding hydrogens is 394 g/mol. The molecular formula is C22H26F2N2O4. The van der Waals surface area contributed by atoms with Gasteiger partial charge in [0.05, 0.1) is 18.9 Å². The maximum atomic E-state index is 12.8. The lowest BCUT2D eigenvalue weighted by molar-refractivity contribution is 0.0804. The lowest BCUT2D eigenvalue weighted by atomic mass is 9.93. The first-order valence-corrected chi connectivity index (χ1v) is 10.2. The maximum absolute atomic E-state index is 12.8. The minimum absolute atomic E-state index is 0.0954. The van der Waals surface area contributed by atoms with Crippen molar-refractivity contribution in [3.63, 3.8) is 0 Å². The second-order valence-electron chi connectivity index (χ2n) is 7.65. The maximum Gasteiger partial charge on any atom is 0.272 e. The van der Waals surface area contributed by atoms with Crippen molar-refractivity contribution in [1.29, 1.82) is 0 Å². The van der Waals surface area contributed by atoms with Crippen LogP contribution in [0, 0.1) is 6.92 Å². The van der Waals surface area contributed by atoms with Gasteiger partial charge in [-0.1, -0.05) is 0 Å². The Hall–Kier alpha value is -2.61. The third-order valence-electron chi connectivity index (χ3n) is 5.72. The van der Waals surface area contributed by atoms with Crippen molar-refractivity contribution < 1.29 is 23.0 Å². The average Bonchev–Trinajstić information content (AvgIpc) is 3.26. The molecule has 2 aliphatic rings. The minimum atomic E-state index is -2.59. The van der Waals surface area contributed by atoms with Gasteiger partial charge < -0.3 is 24.1 Å². The molecule has 0 aliphatic carbocycles. The van der Waals surface area contributed by atoms with Gasteiger partial charge in [-0.2, -0.15) is 0 Å². The number of methoxy groups -OCH3 is 1. The van der Waals surface area contributed by atoms with Crippen LogP contribution in [-0.4, -0.2) is 44.0 Å². The molecule has 0 bridgehead atoms. The summed E-state index contributed by atoms with van der Waals surface area (Å²) in [5, 5.41) is 3.36. The summed E-state index contributed by atoms with van der Waals surface area (Å²) >= 11 is 0. The minimum Gasteiger partial charge on any atom is -0.493 e. The zero-order valence-corrected chi connectivity index (χ0v) is 17.2. The largest absolute Gasteiger partial charge is 0.493 e. The van der Waals surface area contributed by atoms with E-state index in [0.717, 1.165) is 47.5 Å². The number of hydrogen-bond acceptors (Lipinski definition) is 5. The monoisotopic (exact) mass is 420 g/mol. The van der Waals surface area contributed by atoms with Gasteiger partial charge in [-0.3, -0.25) is 4.79 Å². The molecule has 0 radical (unpaired) electrons. The quantitative estimate of drug-likeness (QED) is 0.741. The average molecular weight is 420 g/mol. The van der Waals surface area contributed by atoms with Crippen molar-refractivity contribution in [2.75, 3.05) is 32.2 Å². The number of hydrogen-bond donors (Lipinski definition) is 1. The highest BCUT2D eigenvalue weighted by Gasteiger charge is 2.24. The molecule has 30 heavy (non-hydrogen) atoms. The first-order chi connectivity index (χ1) is 14.5. The van der Waals surface area contributed by atoms with Crippen LogP contribution in [-0.2, 0) is 17.7 Å². The van der Waals surface area contributed by atoms with Gasteiger partial charge in [-0.15, -0.1) is 0 Å². The fraction of sp³-hybridized carbons (Fsp3) is 0.500. The molecule has 0 amide bonds. The highest BCUT2D eigenvalue weighted by Crippen LogP contribution is 2.40. The lowest BCUT2D eigenvalue weighted by Crippen LogP contribution is -2.28. The van der Waals surface area contributed by atoms with E-state index in [1.807, 2.05) is 13.0 Å². The van der Waals surface area contributed by atoms with Crippen LogP contribution < -0.4 is 20.3 Å². The third-order valence-corrected chi connectivity index (χ3v) is 5.72. The molecule has 3 heterocycles. The van der Waals surface area contributed by atoms with E-state index in [9.17, 15) is 13.6 Å². The Morgan fingerprint density at radius 2 is 2.13 bits per heavy atom. The molecule has 1 N–H and O–H groups in total. The molecule has 1 atom stereocenters. The number of pyridine rings is 1. The predicted octanol–water partition coefficient (Wildman–Crippen LogP) is 3.62. The Balaban J connectivity index is 1.73. The molecule has 1 unspecified atom stereocenters. The predicted molar refractivity (Wildman–Crippen MR) is 110 cm³/mol. The van der Waals surface area contributed by atoms with Crippen LogP contribution in [0.4, 0.5) is 14.5 Å². The number of rotatable bonds is 7. The molecule has 8 heteroatoms. The van der Waals surface area contributed by atoms with Crippen molar-refractivity contribution in [2.24, 2.45) is 0 Å². The molecule has 2 aromatic rings. The van der Waals surface area contributed by atoms with Crippen LogP contribution in [0.3, 0.4) is 0 Å². The third kappa shape index (κ3) is 4.01. The normalized spacial score (nSPS) is 17.6. The first-order valence-electron chi connectivity index (χ1n) is 10.2. The Bertz CT molecular complexity index is 984. The zero-order valence-electron chi connectivity index (χ0n) is 17.2. The molecule has 4 rings (SSSR count). The van der Waals surface area contributed by atoms with Gasteiger partial charge in [-0.05, 0) is 49.4 Å². The van der Waals surface area contributed by atoms with Crippen LogP contribution in [0.5, 0.6) is 11.5 Å². The van der Waals surface area contributed by atoms with E-state index in [1.54, 1.807) is 16.7 Å². The molecule has 0 spiro atoms. The van der Waals surface area contributed by atoms with Gasteiger partial charge >= 0.3 is 0 Å². The summed E-state index contributed by atoms with van der Waals surface area (Å²) in [6.07, 6.45) is 0.263. The number of alkyl halides is 2. The smallest absolute Gasteiger partial charge is 0.272 e. The SMILES string of the molecule is COc1cc2c(cc1OCC(F)F)-c1c(C)c(NCC3CCCO3)cc(=O)n1CC2. The van der Waals surface area contributed by atoms with Gasteiger partial charge in [0, 0.05) is 37.0 Å². The Kier molecular flexibility index (Phi) is 5.94. The summed E-state index contributed by atoms with van der Waals surface area (Å²) in [6, 6.07) is 5.14. The van der Waals surface area contributed by atoms with Crippen molar-refractivity contribution in [1.82, 2.24) is 4.57 Å². The van der Waals surface area contributed by atoms with Gasteiger partial charge in [-0.25, -0.2) is 8.78 Å². The van der Waals surface area contributed by atoms with Gasteiger partial charge in [0.25, 0.3) is 12.0 Å². The van der Waals surface area contributed by atoms with E-state index in [0.29, 0.717) is 25.3 Å².